The number of aryl methyl sites for hydroxylation is 1. The fourth-order valence-electron chi connectivity index (χ4n) is 1.60. The van der Waals surface area contributed by atoms with Gasteiger partial charge in [0.2, 0.25) is 0 Å². The van der Waals surface area contributed by atoms with Crippen molar-refractivity contribution >= 4 is 21.9 Å². The summed E-state index contributed by atoms with van der Waals surface area (Å²) in [5.41, 5.74) is 2.04. The van der Waals surface area contributed by atoms with E-state index in [0.717, 1.165) is 15.6 Å². The maximum absolute atomic E-state index is 11.7. The standard InChI is InChI=1S/C13H12BrNO3/c1-3-17-13(16)11-12(18-7-15-11)9-6-4-5-8(2)10(9)14/h4-7H,3H2,1-2H3. The van der Waals surface area contributed by atoms with Crippen LogP contribution in [0, 0.1) is 6.92 Å². The van der Waals surface area contributed by atoms with Gasteiger partial charge < -0.3 is 9.15 Å². The third-order valence-corrected chi connectivity index (χ3v) is 3.53. The van der Waals surface area contributed by atoms with Crippen molar-refractivity contribution in [1.29, 1.82) is 0 Å². The van der Waals surface area contributed by atoms with Crippen molar-refractivity contribution in [2.45, 2.75) is 13.8 Å². The van der Waals surface area contributed by atoms with Crippen molar-refractivity contribution < 1.29 is 13.9 Å². The number of hydrogen-bond donors (Lipinski definition) is 0. The van der Waals surface area contributed by atoms with Crippen LogP contribution < -0.4 is 0 Å². The molecule has 0 amide bonds. The van der Waals surface area contributed by atoms with Gasteiger partial charge in [-0.1, -0.05) is 12.1 Å². The summed E-state index contributed by atoms with van der Waals surface area (Å²) in [5.74, 6) is -0.0568. The van der Waals surface area contributed by atoms with Crippen LogP contribution in [0.3, 0.4) is 0 Å². The Morgan fingerprint density at radius 3 is 3.00 bits per heavy atom. The van der Waals surface area contributed by atoms with E-state index < -0.39 is 5.97 Å². The Kier molecular flexibility index (Phi) is 3.81. The molecule has 5 heteroatoms. The molecule has 0 fully saturated rings. The first-order valence-electron chi connectivity index (χ1n) is 5.51. The highest BCUT2D eigenvalue weighted by molar-refractivity contribution is 9.10. The second-order valence-corrected chi connectivity index (χ2v) is 4.48. The van der Waals surface area contributed by atoms with E-state index in [1.165, 1.54) is 6.39 Å². The molecule has 0 spiro atoms. The highest BCUT2D eigenvalue weighted by atomic mass is 79.9. The minimum atomic E-state index is -0.477. The van der Waals surface area contributed by atoms with Crippen molar-refractivity contribution in [2.75, 3.05) is 6.61 Å². The molecule has 0 aliphatic heterocycles. The molecule has 0 saturated heterocycles. The number of nitrogens with zero attached hydrogens (tertiary/aromatic N) is 1. The number of carbonyl (C=O) groups is 1. The van der Waals surface area contributed by atoms with Crippen LogP contribution in [0.15, 0.2) is 33.5 Å². The first kappa shape index (κ1) is 12.8. The molecule has 0 radical (unpaired) electrons. The normalized spacial score (nSPS) is 10.4. The van der Waals surface area contributed by atoms with E-state index in [0.29, 0.717) is 12.4 Å². The van der Waals surface area contributed by atoms with Gasteiger partial charge in [-0.25, -0.2) is 9.78 Å². The van der Waals surface area contributed by atoms with Crippen LogP contribution in [-0.2, 0) is 4.74 Å². The molecule has 0 aliphatic rings. The maximum Gasteiger partial charge on any atom is 0.360 e. The second kappa shape index (κ2) is 5.35. The van der Waals surface area contributed by atoms with Crippen LogP contribution in [-0.4, -0.2) is 17.6 Å². The summed E-state index contributed by atoms with van der Waals surface area (Å²) in [7, 11) is 0. The summed E-state index contributed by atoms with van der Waals surface area (Å²) >= 11 is 3.48. The number of carbonyl (C=O) groups excluding carboxylic acids is 1. The monoisotopic (exact) mass is 309 g/mol. The highest BCUT2D eigenvalue weighted by Crippen LogP contribution is 2.32. The number of benzene rings is 1. The SMILES string of the molecule is CCOC(=O)c1ncoc1-c1cccc(C)c1Br. The van der Waals surface area contributed by atoms with Crippen molar-refractivity contribution in [3.8, 4) is 11.3 Å². The first-order chi connectivity index (χ1) is 8.65. The van der Waals surface area contributed by atoms with E-state index in [2.05, 4.69) is 20.9 Å². The quantitative estimate of drug-likeness (QED) is 0.813. The molecule has 0 unspecified atom stereocenters. The van der Waals surface area contributed by atoms with Gasteiger partial charge in [-0.3, -0.25) is 0 Å². The predicted octanol–water partition coefficient (Wildman–Crippen LogP) is 3.59. The topological polar surface area (TPSA) is 52.3 Å². The molecular weight excluding hydrogens is 298 g/mol. The Hall–Kier alpha value is -1.62. The van der Waals surface area contributed by atoms with Gasteiger partial charge in [0.1, 0.15) is 0 Å². The molecule has 0 aliphatic carbocycles. The molecular formula is C13H12BrNO3. The summed E-state index contributed by atoms with van der Waals surface area (Å²) < 4.78 is 11.1. The van der Waals surface area contributed by atoms with Gasteiger partial charge >= 0.3 is 5.97 Å². The van der Waals surface area contributed by atoms with Gasteiger partial charge in [0.25, 0.3) is 0 Å². The lowest BCUT2D eigenvalue weighted by Crippen LogP contribution is -2.06. The van der Waals surface area contributed by atoms with E-state index in [1.807, 2.05) is 25.1 Å². The lowest BCUT2D eigenvalue weighted by atomic mass is 10.1. The molecule has 4 nitrogen and oxygen atoms in total. The summed E-state index contributed by atoms with van der Waals surface area (Å²) in [4.78, 5) is 15.7. The minimum absolute atomic E-state index is 0.197. The Morgan fingerprint density at radius 1 is 1.50 bits per heavy atom. The number of hydrogen-bond acceptors (Lipinski definition) is 4. The number of oxazole rings is 1. The fraction of sp³-hybridized carbons (Fsp3) is 0.231. The van der Waals surface area contributed by atoms with Gasteiger partial charge in [-0.15, -0.1) is 0 Å². The maximum atomic E-state index is 11.7. The third-order valence-electron chi connectivity index (χ3n) is 2.47. The Morgan fingerprint density at radius 2 is 2.28 bits per heavy atom. The number of rotatable bonds is 3. The third kappa shape index (κ3) is 2.31. The van der Waals surface area contributed by atoms with Crippen LogP contribution in [0.5, 0.6) is 0 Å². The van der Waals surface area contributed by atoms with Crippen LogP contribution in [0.1, 0.15) is 23.0 Å². The lowest BCUT2D eigenvalue weighted by molar-refractivity contribution is 0.0520. The summed E-state index contributed by atoms with van der Waals surface area (Å²) in [6.07, 6.45) is 1.25. The van der Waals surface area contributed by atoms with Crippen molar-refractivity contribution in [1.82, 2.24) is 4.98 Å². The predicted molar refractivity (Wildman–Crippen MR) is 70.3 cm³/mol. The van der Waals surface area contributed by atoms with E-state index >= 15 is 0 Å². The number of aromatic nitrogens is 1. The molecule has 18 heavy (non-hydrogen) atoms. The molecule has 1 aromatic heterocycles. The molecule has 2 rings (SSSR count). The van der Waals surface area contributed by atoms with Gasteiger partial charge in [0, 0.05) is 10.0 Å². The summed E-state index contributed by atoms with van der Waals surface area (Å²) in [6, 6.07) is 5.72. The first-order valence-corrected chi connectivity index (χ1v) is 6.30. The average molecular weight is 310 g/mol. The van der Waals surface area contributed by atoms with E-state index in [1.54, 1.807) is 6.92 Å². The molecule has 1 heterocycles. The molecule has 0 bridgehead atoms. The van der Waals surface area contributed by atoms with E-state index in [4.69, 9.17) is 9.15 Å². The zero-order valence-corrected chi connectivity index (χ0v) is 11.7. The Labute approximate surface area is 113 Å². The molecule has 2 aromatic rings. The van der Waals surface area contributed by atoms with Gasteiger partial charge in [-0.2, -0.15) is 0 Å². The molecule has 94 valence electrons. The highest BCUT2D eigenvalue weighted by Gasteiger charge is 2.21. The number of esters is 1. The zero-order valence-electron chi connectivity index (χ0n) is 10.1. The van der Waals surface area contributed by atoms with Crippen molar-refractivity contribution in [3.63, 3.8) is 0 Å². The number of halogens is 1. The number of ether oxygens (including phenoxy) is 1. The van der Waals surface area contributed by atoms with Crippen LogP contribution in [0.2, 0.25) is 0 Å². The van der Waals surface area contributed by atoms with Crippen LogP contribution >= 0.6 is 15.9 Å². The lowest BCUT2D eigenvalue weighted by Gasteiger charge is -2.05. The average Bonchev–Trinajstić information content (AvgIpc) is 2.82. The van der Waals surface area contributed by atoms with E-state index in [9.17, 15) is 4.79 Å². The molecule has 0 N–H and O–H groups in total. The van der Waals surface area contributed by atoms with Gasteiger partial charge in [0.05, 0.1) is 6.61 Å². The molecule has 1 aromatic carbocycles. The second-order valence-electron chi connectivity index (χ2n) is 3.69. The minimum Gasteiger partial charge on any atom is -0.461 e. The molecule has 0 atom stereocenters. The summed E-state index contributed by atoms with van der Waals surface area (Å²) in [6.45, 7) is 4.02. The van der Waals surface area contributed by atoms with Crippen molar-refractivity contribution in [2.24, 2.45) is 0 Å². The fourth-order valence-corrected chi connectivity index (χ4v) is 2.05. The smallest absolute Gasteiger partial charge is 0.360 e. The Bertz CT molecular complexity index is 577. The Balaban J connectivity index is 2.49. The summed E-state index contributed by atoms with van der Waals surface area (Å²) in [5, 5.41) is 0. The van der Waals surface area contributed by atoms with Crippen LogP contribution in [0.25, 0.3) is 11.3 Å². The molecule has 0 saturated carbocycles. The largest absolute Gasteiger partial charge is 0.461 e. The van der Waals surface area contributed by atoms with E-state index in [-0.39, 0.29) is 5.69 Å². The van der Waals surface area contributed by atoms with Gasteiger partial charge in [-0.05, 0) is 41.4 Å². The zero-order chi connectivity index (χ0) is 13.1. The van der Waals surface area contributed by atoms with Gasteiger partial charge in [0.15, 0.2) is 17.8 Å². The van der Waals surface area contributed by atoms with Crippen molar-refractivity contribution in [3.05, 3.63) is 40.3 Å². The van der Waals surface area contributed by atoms with Crippen LogP contribution in [0.4, 0.5) is 0 Å².